The standard InChI is InChI=1S/C19H32O2.C17H21NO6.C16H26O4.C15H19NO4.C13H24O2/c1-6-17(2,3)16(20)21-18(4,5)19-10-13-7-14(11-19)9-15(8-13)12-19;1-4-16(2,3)14(20)22-7-11(19)23-12-9-5-10-13(12)24-15(21)17(10,6-9)8-18;1-4-13(2,3)12(17)20-16-7-11-5-14(18,9-16)8-15(19,6-11)10-16;1-4-14(2,3)12(17)19-10-8-5-9-11(10)20-13(18)15(9,6-8)7-16;1-5-12(3,4)11(14)15-13(6-2)9-7-8-10-13/h13-15H,6-12H2,1-5H3;9-10,12-13H,4-7H2,1-3H3;11,18-19H,4-10H2,1-3H3;8-11H,4-6H2,1-3H3;5-10H2,1-4H3. The first-order valence-corrected chi connectivity index (χ1v) is 38.3. The lowest BCUT2D eigenvalue weighted by Gasteiger charge is -2.62. The van der Waals surface area contributed by atoms with Gasteiger partial charge in [-0.2, -0.15) is 10.5 Å². The summed E-state index contributed by atoms with van der Waals surface area (Å²) in [5, 5.41) is 40.0. The highest BCUT2D eigenvalue weighted by molar-refractivity contribution is 5.86. The van der Waals surface area contributed by atoms with Crippen molar-refractivity contribution in [1.82, 2.24) is 0 Å². The smallest absolute Gasteiger partial charge is 0.344 e. The lowest BCUT2D eigenvalue weighted by molar-refractivity contribution is -0.264. The quantitative estimate of drug-likeness (QED) is 0.0897. The van der Waals surface area contributed by atoms with Crippen molar-refractivity contribution in [2.75, 3.05) is 6.61 Å². The first-order chi connectivity index (χ1) is 46.3. The molecule has 20 heteroatoms. The molecule has 0 amide bonds. The summed E-state index contributed by atoms with van der Waals surface area (Å²) in [5.41, 5.74) is -6.94. The van der Waals surface area contributed by atoms with Gasteiger partial charge in [-0.25, -0.2) is 4.79 Å². The van der Waals surface area contributed by atoms with E-state index in [1.54, 1.807) is 13.8 Å². The summed E-state index contributed by atoms with van der Waals surface area (Å²) >= 11 is 0. The Labute approximate surface area is 595 Å². The molecule has 0 aromatic carbocycles. The van der Waals surface area contributed by atoms with E-state index in [2.05, 4.69) is 39.8 Å². The van der Waals surface area contributed by atoms with E-state index in [-0.39, 0.29) is 87.0 Å². The van der Waals surface area contributed by atoms with Crippen molar-refractivity contribution in [2.24, 2.45) is 90.7 Å². The highest BCUT2D eigenvalue weighted by Gasteiger charge is 2.74. The summed E-state index contributed by atoms with van der Waals surface area (Å²) in [6.45, 7) is 34.8. The van der Waals surface area contributed by atoms with Gasteiger partial charge in [0.05, 0.1) is 50.4 Å². The second kappa shape index (κ2) is 27.9. The summed E-state index contributed by atoms with van der Waals surface area (Å²) in [7, 11) is 0. The summed E-state index contributed by atoms with van der Waals surface area (Å²) in [6, 6.07) is 4.25. The third-order valence-electron chi connectivity index (χ3n) is 27.9. The Morgan fingerprint density at radius 1 is 0.490 bits per heavy atom. The van der Waals surface area contributed by atoms with Crippen LogP contribution in [0.4, 0.5) is 0 Å². The first-order valence-electron chi connectivity index (χ1n) is 38.3. The van der Waals surface area contributed by atoms with Gasteiger partial charge in [-0.05, 0) is 254 Å². The van der Waals surface area contributed by atoms with Gasteiger partial charge in [-0.1, -0.05) is 41.5 Å². The van der Waals surface area contributed by atoms with Crippen molar-refractivity contribution in [3.05, 3.63) is 0 Å². The molecule has 12 unspecified atom stereocenters. The Hall–Kier alpha value is -5.34. The first kappa shape index (κ1) is 78.8. The molecule has 2 saturated heterocycles. The number of hydrogen-bond acceptors (Lipinski definition) is 20. The van der Waals surface area contributed by atoms with Crippen LogP contribution in [0.2, 0.25) is 0 Å². The van der Waals surface area contributed by atoms with E-state index in [9.17, 15) is 59.1 Å². The molecule has 13 aliphatic carbocycles. The van der Waals surface area contributed by atoms with E-state index in [4.69, 9.17) is 37.9 Å². The molecule has 13 saturated carbocycles. The van der Waals surface area contributed by atoms with Gasteiger partial charge < -0.3 is 48.1 Å². The van der Waals surface area contributed by atoms with Crippen LogP contribution in [0.25, 0.3) is 0 Å². The van der Waals surface area contributed by atoms with Crippen LogP contribution < -0.4 is 0 Å². The summed E-state index contributed by atoms with van der Waals surface area (Å²) < 4.78 is 44.5. The van der Waals surface area contributed by atoms with Gasteiger partial charge in [0, 0.05) is 48.3 Å². The molecule has 12 atom stereocenters. The fourth-order valence-corrected chi connectivity index (χ4v) is 20.0. The SMILES string of the molecule is CCC(C)(C)C(=O)OC(C)(C)C12CC3CC(CC(C3)C1)C2.CCC(C)(C)C(=O)OC12CC3CC(O)(CC(O)(C3)C1)C2.CCC(C)(C)C(=O)OC1C2CC3C1OC(=O)C3(C#N)C2.CCC(C)(C)C(=O)OCC(=O)OC1C2CC3C1OC(=O)C3(C#N)C2.CCC1(OC(=O)C(C)(C)CC)CCCC1. The van der Waals surface area contributed by atoms with Crippen LogP contribution in [0.3, 0.4) is 0 Å². The van der Waals surface area contributed by atoms with Gasteiger partial charge in [0.25, 0.3) is 0 Å². The highest BCUT2D eigenvalue weighted by Crippen LogP contribution is 2.67. The molecule has 0 aromatic rings. The number of aliphatic hydroxyl groups is 2. The minimum atomic E-state index is -1.06. The molecule has 12 bridgehead atoms. The van der Waals surface area contributed by atoms with Crippen LogP contribution in [0.1, 0.15) is 292 Å². The Bertz CT molecular complexity index is 3160. The van der Waals surface area contributed by atoms with Crippen molar-refractivity contribution >= 4 is 47.8 Å². The van der Waals surface area contributed by atoms with Crippen LogP contribution in [0.5, 0.6) is 0 Å². The van der Waals surface area contributed by atoms with E-state index in [1.807, 2.05) is 83.1 Å². The van der Waals surface area contributed by atoms with Crippen molar-refractivity contribution in [3.8, 4) is 12.1 Å². The zero-order chi connectivity index (χ0) is 74.2. The van der Waals surface area contributed by atoms with Crippen molar-refractivity contribution in [1.29, 1.82) is 10.5 Å². The molecule has 2 N–H and O–H groups in total. The number of esters is 8. The summed E-state index contributed by atoms with van der Waals surface area (Å²) in [4.78, 5) is 97.0. The van der Waals surface area contributed by atoms with Gasteiger partial charge in [-0.3, -0.25) is 33.6 Å². The molecular weight excluding hydrogens is 1280 g/mol. The van der Waals surface area contributed by atoms with Gasteiger partial charge in [0.15, 0.2) is 17.4 Å². The highest BCUT2D eigenvalue weighted by atomic mass is 16.6. The molecule has 100 heavy (non-hydrogen) atoms. The molecule has 15 fully saturated rings. The van der Waals surface area contributed by atoms with E-state index in [0.717, 1.165) is 82.0 Å². The predicted molar refractivity (Wildman–Crippen MR) is 368 cm³/mol. The van der Waals surface area contributed by atoms with Gasteiger partial charge in [0.1, 0.15) is 41.2 Å². The maximum Gasteiger partial charge on any atom is 0.344 e. The average molecular weight is 1400 g/mol. The molecule has 0 aromatic heterocycles. The fraction of sp³-hybridized carbons (Fsp3) is 0.875. The van der Waals surface area contributed by atoms with Crippen LogP contribution >= 0.6 is 0 Å². The monoisotopic (exact) mass is 1400 g/mol. The molecule has 0 radical (unpaired) electrons. The third kappa shape index (κ3) is 14.9. The lowest BCUT2D eigenvalue weighted by atomic mass is 9.46. The lowest BCUT2D eigenvalue weighted by Crippen LogP contribution is -2.67. The number of rotatable bonds is 19. The number of hydrogen-bond donors (Lipinski definition) is 2. The van der Waals surface area contributed by atoms with Gasteiger partial charge in [0.2, 0.25) is 0 Å². The second-order valence-electron chi connectivity index (χ2n) is 37.4. The zero-order valence-electron chi connectivity index (χ0n) is 63.8. The normalized spacial score (nSPS) is 37.4. The van der Waals surface area contributed by atoms with E-state index in [1.165, 1.54) is 51.4 Å². The number of nitrogens with zero attached hydrogens (tertiary/aromatic N) is 2. The van der Waals surface area contributed by atoms with E-state index < -0.39 is 92.7 Å². The molecule has 2 heterocycles. The van der Waals surface area contributed by atoms with E-state index in [0.29, 0.717) is 51.4 Å². The third-order valence-corrected chi connectivity index (χ3v) is 27.9. The molecule has 560 valence electrons. The molecule has 15 aliphatic rings. The number of ether oxygens (including phenoxy) is 8. The second-order valence-corrected chi connectivity index (χ2v) is 37.4. The number of carbonyl (C=O) groups excluding carboxylic acids is 8. The minimum Gasteiger partial charge on any atom is -0.459 e. The maximum absolute atomic E-state index is 12.6. The predicted octanol–water partition coefficient (Wildman–Crippen LogP) is 14.0. The number of fused-ring (bicyclic) bond motifs is 2. The largest absolute Gasteiger partial charge is 0.459 e. The molecule has 15 rings (SSSR count). The Balaban J connectivity index is 0.000000147. The van der Waals surface area contributed by atoms with Crippen LogP contribution in [0, 0.1) is 113 Å². The minimum absolute atomic E-state index is 0.00857. The summed E-state index contributed by atoms with van der Waals surface area (Å²) in [5.74, 6) is 0.162. The van der Waals surface area contributed by atoms with Crippen LogP contribution in [-0.4, -0.2) is 117 Å². The molecular formula is C80H122N2O18. The van der Waals surface area contributed by atoms with Crippen LogP contribution in [0.15, 0.2) is 0 Å². The van der Waals surface area contributed by atoms with Gasteiger partial charge >= 0.3 is 47.8 Å². The van der Waals surface area contributed by atoms with E-state index >= 15 is 0 Å². The van der Waals surface area contributed by atoms with Crippen molar-refractivity contribution < 1.29 is 86.5 Å². The number of nitriles is 2. The molecule has 2 aliphatic heterocycles. The molecule has 20 nitrogen and oxygen atoms in total. The average Bonchev–Trinajstić information content (AvgIpc) is 1.31. The molecule has 0 spiro atoms. The Morgan fingerprint density at radius 3 is 1.30 bits per heavy atom. The zero-order valence-corrected chi connectivity index (χ0v) is 63.8. The fourth-order valence-electron chi connectivity index (χ4n) is 20.0. The topological polar surface area (TPSA) is 298 Å². The van der Waals surface area contributed by atoms with Crippen molar-refractivity contribution in [2.45, 2.75) is 344 Å². The van der Waals surface area contributed by atoms with Crippen LogP contribution in [-0.2, 0) is 76.3 Å². The Kier molecular flexibility index (Phi) is 22.0. The summed E-state index contributed by atoms with van der Waals surface area (Å²) in [6.07, 6.45) is 21.3. The van der Waals surface area contributed by atoms with Crippen molar-refractivity contribution in [3.63, 3.8) is 0 Å². The number of carbonyl (C=O) groups is 8. The Morgan fingerprint density at radius 2 is 0.890 bits per heavy atom. The maximum atomic E-state index is 12.6. The van der Waals surface area contributed by atoms with Gasteiger partial charge in [-0.15, -0.1) is 0 Å².